The van der Waals surface area contributed by atoms with Gasteiger partial charge in [0.1, 0.15) is 0 Å². The highest BCUT2D eigenvalue weighted by atomic mass is 16.7. The highest BCUT2D eigenvalue weighted by molar-refractivity contribution is 5.75. The summed E-state index contributed by atoms with van der Waals surface area (Å²) < 4.78 is 0. The molecule has 3 heteroatoms. The summed E-state index contributed by atoms with van der Waals surface area (Å²) in [5.74, 6) is -0.0171. The van der Waals surface area contributed by atoms with Crippen LogP contribution < -0.4 is 0 Å². The highest BCUT2D eigenvalue weighted by Crippen LogP contribution is 2.42. The number of carbonyl (C=O) groups excluding carboxylic acids is 1. The minimum atomic E-state index is -0.0369. The molecule has 3 nitrogen and oxygen atoms in total. The summed E-state index contributed by atoms with van der Waals surface area (Å²) in [5.41, 5.74) is 2.66. The van der Waals surface area contributed by atoms with E-state index in [0.717, 1.165) is 32.2 Å². The van der Waals surface area contributed by atoms with Gasteiger partial charge in [0.15, 0.2) is 0 Å². The minimum Gasteiger partial charge on any atom is -0.367 e. The summed E-state index contributed by atoms with van der Waals surface area (Å²) in [4.78, 5) is 17.4. The van der Waals surface area contributed by atoms with E-state index in [9.17, 15) is 4.79 Å². The van der Waals surface area contributed by atoms with E-state index in [2.05, 4.69) is 31.2 Å². The summed E-state index contributed by atoms with van der Waals surface area (Å²) in [6, 6.07) is 8.60. The van der Waals surface area contributed by atoms with Crippen LogP contribution in [0.25, 0.3) is 0 Å². The van der Waals surface area contributed by atoms with E-state index < -0.39 is 0 Å². The Kier molecular flexibility index (Phi) is 3.08. The normalized spacial score (nSPS) is 26.6. The molecule has 0 bridgehead atoms. The van der Waals surface area contributed by atoms with E-state index in [4.69, 9.17) is 4.84 Å². The fourth-order valence-corrected chi connectivity index (χ4v) is 3.11. The van der Waals surface area contributed by atoms with Gasteiger partial charge in [0, 0.05) is 6.54 Å². The molecule has 0 amide bonds. The van der Waals surface area contributed by atoms with Crippen LogP contribution in [0.3, 0.4) is 0 Å². The molecule has 0 radical (unpaired) electrons. The van der Waals surface area contributed by atoms with Crippen LogP contribution >= 0.6 is 0 Å². The van der Waals surface area contributed by atoms with E-state index in [1.807, 2.05) is 5.06 Å². The Morgan fingerprint density at radius 2 is 2.22 bits per heavy atom. The molecule has 96 valence electrons. The molecule has 3 rings (SSSR count). The van der Waals surface area contributed by atoms with Crippen LogP contribution in [0.5, 0.6) is 0 Å². The van der Waals surface area contributed by atoms with Crippen molar-refractivity contribution in [3.05, 3.63) is 35.4 Å². The molecule has 1 aromatic rings. The first-order valence-electron chi connectivity index (χ1n) is 6.87. The second-order valence-electron chi connectivity index (χ2n) is 5.19. The Hall–Kier alpha value is -1.35. The number of unbranched alkanes of at least 4 members (excludes halogenated alkanes) is 1. The zero-order valence-electron chi connectivity index (χ0n) is 10.8. The lowest BCUT2D eigenvalue weighted by atomic mass is 9.84. The van der Waals surface area contributed by atoms with Crippen LogP contribution in [0.4, 0.5) is 0 Å². The third-order valence-corrected chi connectivity index (χ3v) is 4.05. The number of hydrogen-bond acceptors (Lipinski definition) is 3. The van der Waals surface area contributed by atoms with Crippen LogP contribution in [0, 0.1) is 5.92 Å². The Bertz CT molecular complexity index is 458. The van der Waals surface area contributed by atoms with E-state index in [-0.39, 0.29) is 17.9 Å². The van der Waals surface area contributed by atoms with Gasteiger partial charge >= 0.3 is 5.97 Å². The molecule has 2 atom stereocenters. The lowest BCUT2D eigenvalue weighted by molar-refractivity contribution is -0.176. The van der Waals surface area contributed by atoms with Crippen molar-refractivity contribution < 1.29 is 9.63 Å². The quantitative estimate of drug-likeness (QED) is 0.820. The maximum absolute atomic E-state index is 12.0. The first-order valence-corrected chi connectivity index (χ1v) is 6.87. The zero-order chi connectivity index (χ0) is 12.5. The number of hydroxylamine groups is 2. The van der Waals surface area contributed by atoms with Crippen LogP contribution in [0.15, 0.2) is 24.3 Å². The Balaban J connectivity index is 1.92. The molecule has 0 spiro atoms. The maximum Gasteiger partial charge on any atom is 0.330 e. The fraction of sp³-hybridized carbons (Fsp3) is 0.533. The van der Waals surface area contributed by atoms with Crippen molar-refractivity contribution in [2.45, 2.75) is 38.6 Å². The molecule has 0 aliphatic carbocycles. The number of benzene rings is 1. The predicted molar refractivity (Wildman–Crippen MR) is 68.7 cm³/mol. The van der Waals surface area contributed by atoms with Gasteiger partial charge in [-0.1, -0.05) is 44.0 Å². The van der Waals surface area contributed by atoms with Gasteiger partial charge in [-0.15, -0.1) is 5.06 Å². The molecule has 2 aliphatic rings. The Morgan fingerprint density at radius 3 is 3.06 bits per heavy atom. The van der Waals surface area contributed by atoms with Gasteiger partial charge in [-0.2, -0.15) is 0 Å². The fourth-order valence-electron chi connectivity index (χ4n) is 3.11. The van der Waals surface area contributed by atoms with Gasteiger partial charge in [0.2, 0.25) is 0 Å². The minimum absolute atomic E-state index is 0.0198. The Morgan fingerprint density at radius 1 is 1.39 bits per heavy atom. The van der Waals surface area contributed by atoms with Gasteiger partial charge in [-0.25, -0.2) is 4.79 Å². The third-order valence-electron chi connectivity index (χ3n) is 4.05. The largest absolute Gasteiger partial charge is 0.367 e. The summed E-state index contributed by atoms with van der Waals surface area (Å²) in [6.07, 6.45) is 4.12. The summed E-state index contributed by atoms with van der Waals surface area (Å²) >= 11 is 0. The predicted octanol–water partition coefficient (Wildman–Crippen LogP) is 2.86. The van der Waals surface area contributed by atoms with E-state index >= 15 is 0 Å². The molecule has 2 unspecified atom stereocenters. The van der Waals surface area contributed by atoms with Crippen molar-refractivity contribution in [2.24, 2.45) is 5.92 Å². The molecule has 1 fully saturated rings. The molecular weight excluding hydrogens is 226 g/mol. The van der Waals surface area contributed by atoms with Gasteiger partial charge in [0.05, 0.1) is 12.0 Å². The monoisotopic (exact) mass is 245 g/mol. The number of carbonyl (C=O) groups is 1. The molecule has 2 aliphatic heterocycles. The average Bonchev–Trinajstić information content (AvgIpc) is 2.72. The van der Waals surface area contributed by atoms with Crippen LogP contribution in [-0.4, -0.2) is 17.6 Å². The smallest absolute Gasteiger partial charge is 0.330 e. The SMILES string of the molecule is CCCCC1C(=O)ON2CCc3ccccc3C12. The second-order valence-corrected chi connectivity index (χ2v) is 5.19. The summed E-state index contributed by atoms with van der Waals surface area (Å²) in [5, 5.41) is 1.89. The molecule has 1 aromatic carbocycles. The molecule has 2 heterocycles. The molecular formula is C15H19NO2. The zero-order valence-corrected chi connectivity index (χ0v) is 10.8. The third kappa shape index (κ3) is 1.83. The summed E-state index contributed by atoms with van der Waals surface area (Å²) in [6.45, 7) is 2.99. The van der Waals surface area contributed by atoms with Crippen molar-refractivity contribution >= 4 is 5.97 Å². The van der Waals surface area contributed by atoms with Crippen LogP contribution in [-0.2, 0) is 16.1 Å². The van der Waals surface area contributed by atoms with Crippen molar-refractivity contribution in [2.75, 3.05) is 6.54 Å². The van der Waals surface area contributed by atoms with Crippen molar-refractivity contribution in [3.63, 3.8) is 0 Å². The molecule has 18 heavy (non-hydrogen) atoms. The van der Waals surface area contributed by atoms with Gasteiger partial charge in [-0.3, -0.25) is 0 Å². The highest BCUT2D eigenvalue weighted by Gasteiger charge is 2.45. The topological polar surface area (TPSA) is 29.5 Å². The van der Waals surface area contributed by atoms with E-state index in [1.54, 1.807) is 0 Å². The molecule has 1 saturated heterocycles. The second kappa shape index (κ2) is 4.73. The lowest BCUT2D eigenvalue weighted by Gasteiger charge is -2.30. The van der Waals surface area contributed by atoms with Crippen LogP contribution in [0.1, 0.15) is 43.4 Å². The van der Waals surface area contributed by atoms with E-state index in [0.29, 0.717) is 0 Å². The van der Waals surface area contributed by atoms with Gasteiger partial charge in [0.25, 0.3) is 0 Å². The van der Waals surface area contributed by atoms with E-state index in [1.165, 1.54) is 11.1 Å². The molecule has 0 saturated carbocycles. The van der Waals surface area contributed by atoms with Gasteiger partial charge < -0.3 is 4.84 Å². The molecule has 0 N–H and O–H groups in total. The number of fused-ring (bicyclic) bond motifs is 3. The first-order chi connectivity index (χ1) is 8.81. The standard InChI is InChI=1S/C15H19NO2/c1-2-3-7-13-14-12-8-5-4-6-11(12)9-10-16(14)18-15(13)17/h4-6,8,13-14H,2-3,7,9-10H2,1H3. The number of hydrogen-bond donors (Lipinski definition) is 0. The summed E-state index contributed by atoms with van der Waals surface area (Å²) in [7, 11) is 0. The van der Waals surface area contributed by atoms with Gasteiger partial charge in [-0.05, 0) is 24.0 Å². The average molecular weight is 245 g/mol. The first kappa shape index (κ1) is 11.7. The van der Waals surface area contributed by atoms with Crippen LogP contribution in [0.2, 0.25) is 0 Å². The Labute approximate surface area is 108 Å². The van der Waals surface area contributed by atoms with Crippen molar-refractivity contribution in [1.29, 1.82) is 0 Å². The van der Waals surface area contributed by atoms with Crippen molar-refractivity contribution in [3.8, 4) is 0 Å². The lowest BCUT2D eigenvalue weighted by Crippen LogP contribution is -2.32. The molecule has 0 aromatic heterocycles. The number of rotatable bonds is 3. The van der Waals surface area contributed by atoms with Crippen molar-refractivity contribution in [1.82, 2.24) is 5.06 Å². The number of nitrogens with zero attached hydrogens (tertiary/aromatic N) is 1. The maximum atomic E-state index is 12.0.